The predicted molar refractivity (Wildman–Crippen MR) is 84.1 cm³/mol. The van der Waals surface area contributed by atoms with Crippen LogP contribution in [0, 0.1) is 0 Å². The number of hydrogen-bond acceptors (Lipinski definition) is 4. The lowest BCUT2D eigenvalue weighted by Gasteiger charge is -2.24. The average molecular weight is 366 g/mol. The van der Waals surface area contributed by atoms with Crippen LogP contribution in [0.15, 0.2) is 24.5 Å². The van der Waals surface area contributed by atoms with Gasteiger partial charge in [0.2, 0.25) is 5.91 Å². The quantitative estimate of drug-likeness (QED) is 0.766. The number of alkyl halides is 3. The minimum Gasteiger partial charge on any atom is -0.354 e. The van der Waals surface area contributed by atoms with E-state index in [-0.39, 0.29) is 6.54 Å². The summed E-state index contributed by atoms with van der Waals surface area (Å²) in [5, 5.41) is 2.52. The number of carbonyl (C=O) groups is 1. The van der Waals surface area contributed by atoms with Crippen molar-refractivity contribution in [2.75, 3.05) is 12.3 Å². The number of carbonyl (C=O) groups excluding carboxylic acids is 1. The van der Waals surface area contributed by atoms with E-state index in [9.17, 15) is 26.4 Å². The molecule has 0 aliphatic carbocycles. The maximum Gasteiger partial charge on any atom is 0.389 e. The molecule has 0 atom stereocenters. The summed E-state index contributed by atoms with van der Waals surface area (Å²) in [4.78, 5) is 16.0. The molecule has 5 nitrogen and oxygen atoms in total. The number of sulfone groups is 1. The highest BCUT2D eigenvalue weighted by molar-refractivity contribution is 7.93. The number of nitrogens with one attached hydrogen (secondary N) is 1. The molecule has 0 aliphatic heterocycles. The molecule has 1 aromatic rings. The molecule has 1 heterocycles. The van der Waals surface area contributed by atoms with E-state index in [1.165, 1.54) is 13.8 Å². The molecule has 9 heteroatoms. The second-order valence-electron chi connectivity index (χ2n) is 5.91. The van der Waals surface area contributed by atoms with Gasteiger partial charge < -0.3 is 5.32 Å². The average Bonchev–Trinajstić information content (AvgIpc) is 2.46. The van der Waals surface area contributed by atoms with Gasteiger partial charge in [0.25, 0.3) is 0 Å². The fraction of sp³-hybridized carbons (Fsp3) is 0.600. The van der Waals surface area contributed by atoms with Gasteiger partial charge in [-0.25, -0.2) is 8.42 Å². The van der Waals surface area contributed by atoms with Crippen LogP contribution >= 0.6 is 0 Å². The van der Waals surface area contributed by atoms with E-state index in [2.05, 4.69) is 10.3 Å². The largest absolute Gasteiger partial charge is 0.389 e. The highest BCUT2D eigenvalue weighted by Gasteiger charge is 2.41. The molecular weight excluding hydrogens is 345 g/mol. The first-order valence-corrected chi connectivity index (χ1v) is 9.07. The summed E-state index contributed by atoms with van der Waals surface area (Å²) in [6.07, 6.45) is -2.45. The van der Waals surface area contributed by atoms with E-state index in [1.54, 1.807) is 24.5 Å². The minimum absolute atomic E-state index is 0.227. The smallest absolute Gasteiger partial charge is 0.354 e. The number of rotatable bonds is 8. The van der Waals surface area contributed by atoms with Crippen LogP contribution in [0.2, 0.25) is 0 Å². The van der Waals surface area contributed by atoms with Gasteiger partial charge in [0.1, 0.15) is 4.75 Å². The Morgan fingerprint density at radius 3 is 2.33 bits per heavy atom. The molecule has 0 unspecified atom stereocenters. The molecule has 0 fully saturated rings. The van der Waals surface area contributed by atoms with E-state index < -0.39 is 45.3 Å². The lowest BCUT2D eigenvalue weighted by molar-refractivity contribution is -0.134. The second-order valence-corrected chi connectivity index (χ2v) is 8.57. The Morgan fingerprint density at radius 1 is 1.21 bits per heavy atom. The molecule has 0 bridgehead atoms. The Labute approximate surface area is 139 Å². The van der Waals surface area contributed by atoms with Gasteiger partial charge in [-0.1, -0.05) is 0 Å². The van der Waals surface area contributed by atoms with Crippen molar-refractivity contribution in [2.24, 2.45) is 0 Å². The third-order valence-corrected chi connectivity index (χ3v) is 6.21. The zero-order valence-corrected chi connectivity index (χ0v) is 14.4. The summed E-state index contributed by atoms with van der Waals surface area (Å²) in [6, 6.07) is 3.54. The first-order chi connectivity index (χ1) is 11.0. The minimum atomic E-state index is -4.41. The van der Waals surface area contributed by atoms with Crippen molar-refractivity contribution in [3.05, 3.63) is 30.1 Å². The molecule has 0 spiro atoms. The highest BCUT2D eigenvalue weighted by Crippen LogP contribution is 2.24. The Morgan fingerprint density at radius 2 is 1.79 bits per heavy atom. The van der Waals surface area contributed by atoms with Crippen molar-refractivity contribution < 1.29 is 26.4 Å². The van der Waals surface area contributed by atoms with Crippen LogP contribution in [0.3, 0.4) is 0 Å². The van der Waals surface area contributed by atoms with Crippen LogP contribution in [0.25, 0.3) is 0 Å². The monoisotopic (exact) mass is 366 g/mol. The molecule has 0 radical (unpaired) electrons. The number of hydrogen-bond donors (Lipinski definition) is 1. The van der Waals surface area contributed by atoms with Gasteiger partial charge >= 0.3 is 6.18 Å². The van der Waals surface area contributed by atoms with Crippen LogP contribution in [-0.2, 0) is 21.1 Å². The first-order valence-electron chi connectivity index (χ1n) is 7.42. The fourth-order valence-electron chi connectivity index (χ4n) is 1.94. The first kappa shape index (κ1) is 20.4. The highest BCUT2D eigenvalue weighted by atomic mass is 32.2. The van der Waals surface area contributed by atoms with Crippen LogP contribution in [0.1, 0.15) is 32.3 Å². The third kappa shape index (κ3) is 6.10. The number of halogens is 3. The van der Waals surface area contributed by atoms with Gasteiger partial charge in [-0.15, -0.1) is 0 Å². The summed E-state index contributed by atoms with van der Waals surface area (Å²) in [6.45, 7) is 2.64. The van der Waals surface area contributed by atoms with Crippen LogP contribution < -0.4 is 5.32 Å². The number of amides is 1. The molecule has 0 saturated heterocycles. The summed E-state index contributed by atoms with van der Waals surface area (Å²) >= 11 is 0. The molecule has 0 aliphatic rings. The summed E-state index contributed by atoms with van der Waals surface area (Å²) in [5.41, 5.74) is 0.927. The van der Waals surface area contributed by atoms with Gasteiger partial charge in [0.15, 0.2) is 9.84 Å². The van der Waals surface area contributed by atoms with Crippen LogP contribution in [0.4, 0.5) is 13.2 Å². The summed E-state index contributed by atoms with van der Waals surface area (Å²) < 4.78 is 59.0. The van der Waals surface area contributed by atoms with Crippen LogP contribution in [-0.4, -0.2) is 42.5 Å². The normalized spacial score (nSPS) is 12.9. The SMILES string of the molecule is CC(C)(C(=O)NCCc1ccncc1)S(=O)(=O)CCCC(F)(F)F. The molecule has 24 heavy (non-hydrogen) atoms. The molecule has 1 N–H and O–H groups in total. The van der Waals surface area contributed by atoms with E-state index in [0.717, 1.165) is 5.56 Å². The lowest BCUT2D eigenvalue weighted by Crippen LogP contribution is -2.49. The van der Waals surface area contributed by atoms with E-state index >= 15 is 0 Å². The number of aromatic nitrogens is 1. The van der Waals surface area contributed by atoms with Crippen molar-refractivity contribution in [1.29, 1.82) is 0 Å². The van der Waals surface area contributed by atoms with E-state index in [1.807, 2.05) is 0 Å². The molecule has 0 aromatic carbocycles. The topological polar surface area (TPSA) is 76.1 Å². The summed E-state index contributed by atoms with van der Waals surface area (Å²) in [5.74, 6) is -1.40. The van der Waals surface area contributed by atoms with Crippen molar-refractivity contribution in [3.8, 4) is 0 Å². The maximum atomic E-state index is 12.2. The van der Waals surface area contributed by atoms with Gasteiger partial charge in [0, 0.05) is 25.4 Å². The van der Waals surface area contributed by atoms with Crippen LogP contribution in [0.5, 0.6) is 0 Å². The van der Waals surface area contributed by atoms with Crippen molar-refractivity contribution in [1.82, 2.24) is 10.3 Å². The molecule has 1 aromatic heterocycles. The number of pyridine rings is 1. The summed E-state index contributed by atoms with van der Waals surface area (Å²) in [7, 11) is -4.00. The van der Waals surface area contributed by atoms with Crippen molar-refractivity contribution in [3.63, 3.8) is 0 Å². The lowest BCUT2D eigenvalue weighted by atomic mass is 10.1. The zero-order chi connectivity index (χ0) is 18.4. The second kappa shape index (κ2) is 7.96. The van der Waals surface area contributed by atoms with Gasteiger partial charge in [-0.3, -0.25) is 9.78 Å². The Kier molecular flexibility index (Phi) is 6.76. The van der Waals surface area contributed by atoms with Gasteiger partial charge in [-0.2, -0.15) is 13.2 Å². The fourth-order valence-corrected chi connectivity index (χ4v) is 3.33. The molecule has 0 saturated carbocycles. The Hall–Kier alpha value is -1.64. The third-order valence-electron chi connectivity index (χ3n) is 3.65. The Bertz CT molecular complexity index is 644. The maximum absolute atomic E-state index is 12.2. The molecular formula is C15H21F3N2O3S. The molecule has 1 rings (SSSR count). The standard InChI is InChI=1S/C15H21F3N2O3S/c1-14(2,24(22,23)11-3-7-15(16,17)18)13(21)20-10-6-12-4-8-19-9-5-12/h4-5,8-9H,3,6-7,10-11H2,1-2H3,(H,20,21). The van der Waals surface area contributed by atoms with Gasteiger partial charge in [-0.05, 0) is 44.4 Å². The van der Waals surface area contributed by atoms with Gasteiger partial charge in [0.05, 0.1) is 5.75 Å². The predicted octanol–water partition coefficient (Wildman–Crippen LogP) is 2.28. The number of nitrogens with zero attached hydrogens (tertiary/aromatic N) is 1. The molecule has 1 amide bonds. The van der Waals surface area contributed by atoms with Crippen molar-refractivity contribution >= 4 is 15.7 Å². The van der Waals surface area contributed by atoms with E-state index in [0.29, 0.717) is 6.42 Å². The Balaban J connectivity index is 2.56. The van der Waals surface area contributed by atoms with Crippen molar-refractivity contribution in [2.45, 2.75) is 44.0 Å². The van der Waals surface area contributed by atoms with E-state index in [4.69, 9.17) is 0 Å². The molecule has 136 valence electrons. The zero-order valence-electron chi connectivity index (χ0n) is 13.6.